The molecule has 1 aromatic rings. The predicted molar refractivity (Wildman–Crippen MR) is 118 cm³/mol. The predicted octanol–water partition coefficient (Wildman–Crippen LogP) is 3.00. The quantitative estimate of drug-likeness (QED) is 0.710. The van der Waals surface area contributed by atoms with E-state index in [1.54, 1.807) is 11.2 Å². The average molecular weight is 447 g/mol. The first-order valence-electron chi connectivity index (χ1n) is 11.0. The van der Waals surface area contributed by atoms with Crippen LogP contribution in [0, 0.1) is 0 Å². The summed E-state index contributed by atoms with van der Waals surface area (Å²) < 4.78 is 29.1. The summed E-state index contributed by atoms with van der Waals surface area (Å²) in [6, 6.07) is 9.35. The van der Waals surface area contributed by atoms with Crippen LogP contribution in [-0.2, 0) is 34.4 Å². The van der Waals surface area contributed by atoms with Gasteiger partial charge in [-0.3, -0.25) is 9.59 Å². The summed E-state index contributed by atoms with van der Waals surface area (Å²) in [5, 5.41) is -0.240. The van der Waals surface area contributed by atoms with Gasteiger partial charge in [0, 0.05) is 31.2 Å². The van der Waals surface area contributed by atoms with Gasteiger partial charge in [-0.15, -0.1) is 0 Å². The van der Waals surface area contributed by atoms with Crippen LogP contribution in [0.5, 0.6) is 0 Å². The van der Waals surface area contributed by atoms with E-state index in [1.807, 2.05) is 36.4 Å². The monoisotopic (exact) mass is 446 g/mol. The third kappa shape index (κ3) is 4.55. The second-order valence-electron chi connectivity index (χ2n) is 8.45. The Morgan fingerprint density at radius 2 is 1.87 bits per heavy atom. The number of rotatable bonds is 4. The fourth-order valence-electron chi connectivity index (χ4n) is 4.54. The number of nitrogens with zero attached hydrogens (tertiary/aromatic N) is 2. The highest BCUT2D eigenvalue weighted by atomic mass is 32.2. The van der Waals surface area contributed by atoms with Crippen LogP contribution in [0.15, 0.2) is 46.5 Å². The van der Waals surface area contributed by atoms with Gasteiger partial charge in [-0.25, -0.2) is 4.21 Å². The van der Waals surface area contributed by atoms with E-state index in [4.69, 9.17) is 9.47 Å². The number of carbonyl (C=O) groups excluding carboxylic acids is 2. The lowest BCUT2D eigenvalue weighted by Crippen LogP contribution is -2.43. The molecule has 3 aliphatic rings. The Hall–Kier alpha value is -2.19. The highest BCUT2D eigenvalue weighted by molar-refractivity contribution is 7.93. The normalized spacial score (nSPS) is 26.5. The molecule has 1 aromatic carbocycles. The number of carbonyl (C=O) groups is 2. The molecule has 0 aliphatic carbocycles. The third-order valence-corrected chi connectivity index (χ3v) is 8.60. The number of benzene rings is 1. The molecule has 31 heavy (non-hydrogen) atoms. The summed E-state index contributed by atoms with van der Waals surface area (Å²) in [5.74, 6) is -0.135. The minimum atomic E-state index is -2.78. The molecule has 4 rings (SSSR count). The van der Waals surface area contributed by atoms with Crippen LogP contribution >= 0.6 is 0 Å². The van der Waals surface area contributed by atoms with Crippen LogP contribution < -0.4 is 0 Å². The number of likely N-dealkylation sites (tertiary alicyclic amines) is 1. The molecule has 0 N–H and O–H groups in total. The van der Waals surface area contributed by atoms with Gasteiger partial charge < -0.3 is 14.4 Å². The van der Waals surface area contributed by atoms with Crippen molar-refractivity contribution in [2.75, 3.05) is 32.6 Å². The largest absolute Gasteiger partial charge is 0.488 e. The van der Waals surface area contributed by atoms with Crippen LogP contribution in [0.4, 0.5) is 0 Å². The minimum Gasteiger partial charge on any atom is -0.488 e. The van der Waals surface area contributed by atoms with Crippen molar-refractivity contribution in [3.8, 4) is 0 Å². The van der Waals surface area contributed by atoms with Gasteiger partial charge in [0.05, 0.1) is 16.3 Å². The van der Waals surface area contributed by atoms with E-state index in [0.717, 1.165) is 24.8 Å². The maximum absolute atomic E-state index is 13.5. The molecule has 0 aromatic heterocycles. The third-order valence-electron chi connectivity index (χ3n) is 6.37. The zero-order valence-electron chi connectivity index (χ0n) is 18.0. The zero-order valence-corrected chi connectivity index (χ0v) is 18.8. The van der Waals surface area contributed by atoms with E-state index >= 15 is 0 Å². The van der Waals surface area contributed by atoms with E-state index in [9.17, 15) is 13.8 Å². The molecule has 0 saturated carbocycles. The lowest BCUT2D eigenvalue weighted by atomic mass is 9.90. The van der Waals surface area contributed by atoms with E-state index in [2.05, 4.69) is 4.36 Å². The first-order valence-corrected chi connectivity index (χ1v) is 13.0. The molecule has 7 nitrogen and oxygen atoms in total. The van der Waals surface area contributed by atoms with Crippen molar-refractivity contribution in [2.24, 2.45) is 4.36 Å². The highest BCUT2D eigenvalue weighted by Crippen LogP contribution is 2.38. The number of amides is 2. The maximum atomic E-state index is 13.5. The number of ether oxygens (including phenoxy) is 2. The summed E-state index contributed by atoms with van der Waals surface area (Å²) in [6.45, 7) is 2.03. The molecule has 2 amide bonds. The molecule has 8 heteroatoms. The Kier molecular flexibility index (Phi) is 6.48. The van der Waals surface area contributed by atoms with Gasteiger partial charge in [-0.1, -0.05) is 30.3 Å². The van der Waals surface area contributed by atoms with Gasteiger partial charge >= 0.3 is 0 Å². The molecule has 0 spiro atoms. The van der Waals surface area contributed by atoms with E-state index < -0.39 is 21.2 Å². The van der Waals surface area contributed by atoms with Crippen LogP contribution in [0.2, 0.25) is 0 Å². The van der Waals surface area contributed by atoms with Crippen LogP contribution in [0.3, 0.4) is 0 Å². The molecule has 2 unspecified atom stereocenters. The fourth-order valence-corrected chi connectivity index (χ4v) is 6.25. The van der Waals surface area contributed by atoms with Gasteiger partial charge in [0.2, 0.25) is 0 Å². The molecule has 3 heterocycles. The first-order chi connectivity index (χ1) is 14.9. The molecule has 168 valence electrons. The van der Waals surface area contributed by atoms with Crippen molar-refractivity contribution >= 4 is 21.5 Å². The molecular weight excluding hydrogens is 416 g/mol. The molecule has 0 bridgehead atoms. The summed E-state index contributed by atoms with van der Waals surface area (Å²) in [6.07, 6.45) is 7.59. The zero-order chi connectivity index (χ0) is 21.9. The SMILES string of the molecule is CS(=O)(=NC(=O)C1(c2ccccc2)CCCO1)C1CCN(C(=O)C2=CCCCO2)CC1. The van der Waals surface area contributed by atoms with Crippen LogP contribution in [-0.4, -0.2) is 58.7 Å². The number of hydrogen-bond acceptors (Lipinski definition) is 5. The molecule has 2 fully saturated rings. The second-order valence-corrected chi connectivity index (χ2v) is 11.0. The minimum absolute atomic E-state index is 0.101. The van der Waals surface area contributed by atoms with Crippen LogP contribution in [0.25, 0.3) is 0 Å². The molecule has 2 saturated heterocycles. The fraction of sp³-hybridized carbons (Fsp3) is 0.565. The Bertz CT molecular complexity index is 967. The topological polar surface area (TPSA) is 85.3 Å². The van der Waals surface area contributed by atoms with E-state index in [-0.39, 0.29) is 11.2 Å². The average Bonchev–Trinajstić information content (AvgIpc) is 3.31. The van der Waals surface area contributed by atoms with Crippen molar-refractivity contribution in [1.82, 2.24) is 4.90 Å². The van der Waals surface area contributed by atoms with Crippen molar-refractivity contribution < 1.29 is 23.3 Å². The van der Waals surface area contributed by atoms with Gasteiger partial charge in [-0.05, 0) is 50.2 Å². The van der Waals surface area contributed by atoms with Crippen molar-refractivity contribution in [3.63, 3.8) is 0 Å². The Morgan fingerprint density at radius 3 is 2.48 bits per heavy atom. The molecule has 2 atom stereocenters. The second kappa shape index (κ2) is 9.12. The van der Waals surface area contributed by atoms with Gasteiger partial charge in [0.15, 0.2) is 11.4 Å². The Balaban J connectivity index is 1.47. The molecule has 0 radical (unpaired) electrons. The maximum Gasteiger partial charge on any atom is 0.290 e. The number of piperidine rings is 1. The first kappa shape index (κ1) is 22.0. The Labute approximate surface area is 184 Å². The van der Waals surface area contributed by atoms with Crippen molar-refractivity contribution in [1.29, 1.82) is 0 Å². The summed E-state index contributed by atoms with van der Waals surface area (Å²) >= 11 is 0. The van der Waals surface area contributed by atoms with E-state index in [1.165, 1.54) is 0 Å². The summed E-state index contributed by atoms with van der Waals surface area (Å²) in [4.78, 5) is 27.6. The standard InChI is InChI=1S/C23H30N2O5S/c1-31(28,19-11-14-25(15-12-19)21(26)20-10-5-6-16-29-20)24-22(27)23(13-7-17-30-23)18-8-3-2-4-9-18/h2-4,8-10,19H,5-7,11-17H2,1H3. The van der Waals surface area contributed by atoms with Crippen LogP contribution in [0.1, 0.15) is 44.1 Å². The number of allylic oxidation sites excluding steroid dienone is 1. The number of hydrogen-bond donors (Lipinski definition) is 0. The highest BCUT2D eigenvalue weighted by Gasteiger charge is 2.45. The Morgan fingerprint density at radius 1 is 1.13 bits per heavy atom. The van der Waals surface area contributed by atoms with Crippen molar-refractivity contribution in [3.05, 3.63) is 47.7 Å². The smallest absolute Gasteiger partial charge is 0.290 e. The van der Waals surface area contributed by atoms with E-state index in [0.29, 0.717) is 51.3 Å². The summed E-state index contributed by atoms with van der Waals surface area (Å²) in [5.41, 5.74) is -0.376. The summed E-state index contributed by atoms with van der Waals surface area (Å²) in [7, 11) is -2.78. The lowest BCUT2D eigenvalue weighted by molar-refractivity contribution is -0.138. The van der Waals surface area contributed by atoms with Crippen molar-refractivity contribution in [2.45, 2.75) is 49.4 Å². The lowest BCUT2D eigenvalue weighted by Gasteiger charge is -2.33. The van der Waals surface area contributed by atoms with Gasteiger partial charge in [0.25, 0.3) is 11.8 Å². The van der Waals surface area contributed by atoms with Gasteiger partial charge in [-0.2, -0.15) is 4.36 Å². The van der Waals surface area contributed by atoms with Gasteiger partial charge in [0.1, 0.15) is 0 Å². The molecular formula is C23H30N2O5S. The molecule has 3 aliphatic heterocycles.